The predicted octanol–water partition coefficient (Wildman–Crippen LogP) is 22.7. The van der Waals surface area contributed by atoms with E-state index in [1.807, 2.05) is 0 Å². The van der Waals surface area contributed by atoms with E-state index in [0.717, 1.165) is 51.4 Å². The molecule has 0 bridgehead atoms. The van der Waals surface area contributed by atoms with Crippen molar-refractivity contribution >= 4 is 11.9 Å². The SMILES string of the molecule is CCCCCC/C=C\C/C=C\CCCCCCCC(=O)OCCCCCCCCCCCCC/C=C\CCCCCCCCCC(=O)NC(CO)C(O)CCCCCCCCCCCCCCCCCCCCCCCCC. The molecule has 0 saturated heterocycles. The van der Waals surface area contributed by atoms with Crippen LogP contribution in [0.15, 0.2) is 36.5 Å². The van der Waals surface area contributed by atoms with E-state index >= 15 is 0 Å². The van der Waals surface area contributed by atoms with Crippen molar-refractivity contribution in [3.63, 3.8) is 0 Å². The van der Waals surface area contributed by atoms with Crippen LogP contribution < -0.4 is 5.32 Å². The molecule has 0 heterocycles. The first-order chi connectivity index (χ1) is 38.5. The first-order valence-electron chi connectivity index (χ1n) is 35.2. The molecule has 6 heteroatoms. The van der Waals surface area contributed by atoms with Crippen molar-refractivity contribution in [2.45, 2.75) is 398 Å². The third-order valence-corrected chi connectivity index (χ3v) is 16.4. The van der Waals surface area contributed by atoms with Crippen LogP contribution >= 0.6 is 0 Å². The second kappa shape index (κ2) is 67.6. The number of hydrogen-bond donors (Lipinski definition) is 3. The van der Waals surface area contributed by atoms with E-state index in [-0.39, 0.29) is 18.5 Å². The summed E-state index contributed by atoms with van der Waals surface area (Å²) in [6, 6.07) is -0.549. The standard InChI is InChI=1S/C72H137NO5/c1-3-5-7-9-11-13-15-17-19-21-22-23-24-27-30-33-36-40-44-48-52-56-60-64-70(75)69(68-74)73-71(76)65-61-57-53-49-45-41-37-34-31-28-25-26-29-32-35-39-43-47-51-55-59-63-67-78-72(77)66-62-58-54-50-46-42-38-20-18-16-14-12-10-8-6-4-2/h14,16,20,28,31,38,69-70,74-75H,3-13,15,17-19,21-27,29-30,32-37,39-68H2,1-2H3,(H,73,76)/b16-14-,31-28-,38-20-. The zero-order chi connectivity index (χ0) is 56.4. The fourth-order valence-corrected chi connectivity index (χ4v) is 11.0. The molecule has 0 aromatic carbocycles. The number of ether oxygens (including phenoxy) is 1. The number of rotatable bonds is 66. The molecule has 0 saturated carbocycles. The molecular formula is C72H137NO5. The number of amides is 1. The van der Waals surface area contributed by atoms with Gasteiger partial charge in [-0.2, -0.15) is 0 Å². The zero-order valence-corrected chi connectivity index (χ0v) is 52.7. The summed E-state index contributed by atoms with van der Waals surface area (Å²) < 4.78 is 5.49. The third kappa shape index (κ3) is 63.3. The van der Waals surface area contributed by atoms with E-state index in [1.54, 1.807) is 0 Å². The topological polar surface area (TPSA) is 95.9 Å². The summed E-state index contributed by atoms with van der Waals surface area (Å²) in [5.74, 6) is -0.0411. The van der Waals surface area contributed by atoms with Gasteiger partial charge in [0.2, 0.25) is 5.91 Å². The molecule has 2 unspecified atom stereocenters. The molecule has 460 valence electrons. The largest absolute Gasteiger partial charge is 0.466 e. The Labute approximate surface area is 487 Å². The molecule has 0 aliphatic heterocycles. The Bertz CT molecular complexity index is 1260. The molecule has 0 rings (SSSR count). The highest BCUT2D eigenvalue weighted by Gasteiger charge is 2.20. The number of nitrogens with one attached hydrogen (secondary N) is 1. The smallest absolute Gasteiger partial charge is 0.305 e. The van der Waals surface area contributed by atoms with E-state index < -0.39 is 12.1 Å². The van der Waals surface area contributed by atoms with Gasteiger partial charge in [-0.3, -0.25) is 9.59 Å². The zero-order valence-electron chi connectivity index (χ0n) is 52.7. The lowest BCUT2D eigenvalue weighted by atomic mass is 10.0. The first kappa shape index (κ1) is 76.1. The van der Waals surface area contributed by atoms with Crippen LogP contribution in [-0.4, -0.2) is 47.4 Å². The number of unbranched alkanes of at least 4 members (excludes halogenated alkanes) is 49. The summed E-state index contributed by atoms with van der Waals surface area (Å²) in [5.41, 5.74) is 0. The third-order valence-electron chi connectivity index (χ3n) is 16.4. The highest BCUT2D eigenvalue weighted by atomic mass is 16.5. The van der Waals surface area contributed by atoms with E-state index in [2.05, 4.69) is 55.6 Å². The van der Waals surface area contributed by atoms with Crippen LogP contribution in [-0.2, 0) is 14.3 Å². The van der Waals surface area contributed by atoms with Gasteiger partial charge in [-0.1, -0.05) is 326 Å². The Morgan fingerprint density at radius 1 is 0.359 bits per heavy atom. The number of carbonyl (C=O) groups excluding carboxylic acids is 2. The second-order valence-electron chi connectivity index (χ2n) is 24.2. The van der Waals surface area contributed by atoms with Crippen LogP contribution in [0.5, 0.6) is 0 Å². The van der Waals surface area contributed by atoms with Crippen LogP contribution in [0.25, 0.3) is 0 Å². The Balaban J connectivity index is 3.42. The van der Waals surface area contributed by atoms with Crippen LogP contribution in [0.1, 0.15) is 386 Å². The minimum absolute atomic E-state index is 0.00283. The monoisotopic (exact) mass is 1100 g/mol. The molecule has 1 amide bonds. The fourth-order valence-electron chi connectivity index (χ4n) is 11.0. The highest BCUT2D eigenvalue weighted by Crippen LogP contribution is 2.18. The number of esters is 1. The lowest BCUT2D eigenvalue weighted by molar-refractivity contribution is -0.143. The fraction of sp³-hybridized carbons (Fsp3) is 0.889. The normalized spacial score (nSPS) is 12.7. The summed E-state index contributed by atoms with van der Waals surface area (Å²) in [6.07, 6.45) is 86.1. The van der Waals surface area contributed by atoms with Gasteiger partial charge in [0.05, 0.1) is 25.4 Å². The van der Waals surface area contributed by atoms with Gasteiger partial charge in [-0.15, -0.1) is 0 Å². The van der Waals surface area contributed by atoms with Crippen LogP contribution in [0.4, 0.5) is 0 Å². The lowest BCUT2D eigenvalue weighted by Crippen LogP contribution is -2.45. The van der Waals surface area contributed by atoms with E-state index in [0.29, 0.717) is 25.9 Å². The summed E-state index contributed by atoms with van der Waals surface area (Å²) in [6.45, 7) is 4.96. The van der Waals surface area contributed by atoms with Gasteiger partial charge in [-0.25, -0.2) is 0 Å². The molecule has 0 aliphatic rings. The lowest BCUT2D eigenvalue weighted by Gasteiger charge is -2.22. The summed E-state index contributed by atoms with van der Waals surface area (Å²) in [4.78, 5) is 24.6. The molecule has 6 nitrogen and oxygen atoms in total. The summed E-state index contributed by atoms with van der Waals surface area (Å²) >= 11 is 0. The first-order valence-corrected chi connectivity index (χ1v) is 35.2. The Morgan fingerprint density at radius 3 is 1.00 bits per heavy atom. The quantitative estimate of drug-likeness (QED) is 0.0320. The van der Waals surface area contributed by atoms with Gasteiger partial charge in [0.25, 0.3) is 0 Å². The Hall–Kier alpha value is -1.92. The van der Waals surface area contributed by atoms with Crippen molar-refractivity contribution in [2.24, 2.45) is 0 Å². The molecule has 78 heavy (non-hydrogen) atoms. The molecule has 2 atom stereocenters. The number of hydrogen-bond acceptors (Lipinski definition) is 5. The maximum absolute atomic E-state index is 12.5. The van der Waals surface area contributed by atoms with Gasteiger partial charge < -0.3 is 20.3 Å². The van der Waals surface area contributed by atoms with Crippen molar-refractivity contribution in [1.29, 1.82) is 0 Å². The van der Waals surface area contributed by atoms with E-state index in [4.69, 9.17) is 4.74 Å². The second-order valence-corrected chi connectivity index (χ2v) is 24.2. The van der Waals surface area contributed by atoms with Crippen molar-refractivity contribution < 1.29 is 24.5 Å². The minimum Gasteiger partial charge on any atom is -0.466 e. The highest BCUT2D eigenvalue weighted by molar-refractivity contribution is 5.76. The van der Waals surface area contributed by atoms with Crippen molar-refractivity contribution in [2.75, 3.05) is 13.2 Å². The van der Waals surface area contributed by atoms with Crippen LogP contribution in [0, 0.1) is 0 Å². The van der Waals surface area contributed by atoms with Crippen LogP contribution in [0.2, 0.25) is 0 Å². The van der Waals surface area contributed by atoms with Gasteiger partial charge >= 0.3 is 5.97 Å². The average molecular weight is 1100 g/mol. The number of allylic oxidation sites excluding steroid dienone is 6. The average Bonchev–Trinajstić information content (AvgIpc) is 3.44. The number of aliphatic hydroxyl groups excluding tert-OH is 2. The van der Waals surface area contributed by atoms with Gasteiger partial charge in [0.15, 0.2) is 0 Å². The van der Waals surface area contributed by atoms with Gasteiger partial charge in [0, 0.05) is 12.8 Å². The van der Waals surface area contributed by atoms with Gasteiger partial charge in [-0.05, 0) is 83.5 Å². The predicted molar refractivity (Wildman–Crippen MR) is 343 cm³/mol. The molecule has 0 aliphatic carbocycles. The van der Waals surface area contributed by atoms with E-state index in [1.165, 1.54) is 302 Å². The Morgan fingerprint density at radius 2 is 0.641 bits per heavy atom. The van der Waals surface area contributed by atoms with Crippen molar-refractivity contribution in [3.8, 4) is 0 Å². The molecule has 0 fully saturated rings. The molecule has 0 aromatic heterocycles. The molecule has 0 aromatic rings. The maximum Gasteiger partial charge on any atom is 0.305 e. The van der Waals surface area contributed by atoms with Crippen molar-refractivity contribution in [1.82, 2.24) is 5.32 Å². The molecule has 3 N–H and O–H groups in total. The molecular weight excluding hydrogens is 959 g/mol. The minimum atomic E-state index is -0.671. The summed E-state index contributed by atoms with van der Waals surface area (Å²) in [7, 11) is 0. The molecule has 0 spiro atoms. The number of aliphatic hydroxyl groups is 2. The van der Waals surface area contributed by atoms with Crippen molar-refractivity contribution in [3.05, 3.63) is 36.5 Å². The Kier molecular flexibility index (Phi) is 65.9. The molecule has 0 radical (unpaired) electrons. The maximum atomic E-state index is 12.5. The van der Waals surface area contributed by atoms with Gasteiger partial charge in [0.1, 0.15) is 0 Å². The summed E-state index contributed by atoms with van der Waals surface area (Å²) in [5, 5.41) is 23.4. The number of carbonyl (C=O) groups is 2. The van der Waals surface area contributed by atoms with Crippen LogP contribution in [0.3, 0.4) is 0 Å². The van der Waals surface area contributed by atoms with E-state index in [9.17, 15) is 19.8 Å².